The zero-order valence-corrected chi connectivity index (χ0v) is 19.2. The second-order valence-corrected chi connectivity index (χ2v) is 8.34. The lowest BCUT2D eigenvalue weighted by Crippen LogP contribution is -2.28. The molecule has 2 aromatic carbocycles. The van der Waals surface area contributed by atoms with Gasteiger partial charge in [-0.2, -0.15) is 0 Å². The number of methoxy groups -OCH3 is 3. The first kappa shape index (κ1) is 22.4. The summed E-state index contributed by atoms with van der Waals surface area (Å²) in [6.45, 7) is 0.155. The van der Waals surface area contributed by atoms with Gasteiger partial charge in [-0.3, -0.25) is 9.59 Å². The Morgan fingerprint density at radius 2 is 1.76 bits per heavy atom. The fourth-order valence-electron chi connectivity index (χ4n) is 3.89. The van der Waals surface area contributed by atoms with Crippen molar-refractivity contribution in [2.75, 3.05) is 21.3 Å². The van der Waals surface area contributed by atoms with Crippen molar-refractivity contribution in [3.05, 3.63) is 81.6 Å². The lowest BCUT2D eigenvalue weighted by Gasteiger charge is -2.24. The Bertz CT molecular complexity index is 1220. The second kappa shape index (κ2) is 9.38. The normalized spacial score (nSPS) is 17.3. The van der Waals surface area contributed by atoms with Crippen LogP contribution in [0.1, 0.15) is 22.0 Å². The van der Waals surface area contributed by atoms with Gasteiger partial charge in [-0.05, 0) is 41.3 Å². The molecular weight excluding hydrogens is 442 g/mol. The number of carbonyl (C=O) groups excluding carboxylic acids is 2. The van der Waals surface area contributed by atoms with Gasteiger partial charge in [0.25, 0.3) is 11.7 Å². The van der Waals surface area contributed by atoms with Gasteiger partial charge in [-0.25, -0.2) is 0 Å². The Balaban J connectivity index is 1.80. The molecule has 0 saturated carbocycles. The van der Waals surface area contributed by atoms with Crippen LogP contribution in [0.15, 0.2) is 65.6 Å². The lowest BCUT2D eigenvalue weighted by molar-refractivity contribution is -0.140. The molecule has 1 unspecified atom stereocenters. The van der Waals surface area contributed by atoms with E-state index in [9.17, 15) is 14.7 Å². The summed E-state index contributed by atoms with van der Waals surface area (Å²) < 4.78 is 15.9. The summed E-state index contributed by atoms with van der Waals surface area (Å²) in [5.41, 5.74) is 1.22. The van der Waals surface area contributed by atoms with Crippen LogP contribution < -0.4 is 14.2 Å². The van der Waals surface area contributed by atoms with Gasteiger partial charge in [0.1, 0.15) is 11.5 Å². The van der Waals surface area contributed by atoms with Crippen molar-refractivity contribution in [2.24, 2.45) is 0 Å². The molecule has 0 aliphatic carbocycles. The van der Waals surface area contributed by atoms with Gasteiger partial charge < -0.3 is 24.2 Å². The minimum absolute atomic E-state index is 0.0520. The minimum Gasteiger partial charge on any atom is -0.507 e. The van der Waals surface area contributed by atoms with Gasteiger partial charge in [0.2, 0.25) is 0 Å². The summed E-state index contributed by atoms with van der Waals surface area (Å²) in [6.07, 6.45) is 0. The molecule has 33 heavy (non-hydrogen) atoms. The van der Waals surface area contributed by atoms with E-state index in [0.717, 1.165) is 10.4 Å². The van der Waals surface area contributed by atoms with Crippen molar-refractivity contribution in [3.63, 3.8) is 0 Å². The standard InChI is InChI=1S/C25H23NO6S/c1-30-17-7-4-6-16(13-17)23(27)21-22(20-8-5-11-33-20)26(25(29)24(21)28)14-15-9-10-18(31-2)19(12-15)32-3/h4-13,22,27H,14H2,1-3H3/b23-21-. The van der Waals surface area contributed by atoms with E-state index in [-0.39, 0.29) is 17.9 Å². The Morgan fingerprint density at radius 1 is 0.970 bits per heavy atom. The smallest absolute Gasteiger partial charge is 0.295 e. The SMILES string of the molecule is COc1cccc(/C(O)=C2/C(=O)C(=O)N(Cc3ccc(OC)c(OC)c3)C2c2cccs2)c1. The zero-order chi connectivity index (χ0) is 23.5. The van der Waals surface area contributed by atoms with Crippen LogP contribution in [0.3, 0.4) is 0 Å². The van der Waals surface area contributed by atoms with Crippen LogP contribution in [0.2, 0.25) is 0 Å². The predicted octanol–water partition coefficient (Wildman–Crippen LogP) is 4.40. The molecule has 1 aliphatic rings. The number of aliphatic hydroxyl groups excluding tert-OH is 1. The number of rotatable bonds is 7. The molecule has 4 rings (SSSR count). The van der Waals surface area contributed by atoms with Crippen molar-refractivity contribution in [1.29, 1.82) is 0 Å². The average Bonchev–Trinajstić information content (AvgIpc) is 3.46. The highest BCUT2D eigenvalue weighted by Crippen LogP contribution is 2.42. The molecule has 1 atom stereocenters. The van der Waals surface area contributed by atoms with E-state index in [4.69, 9.17) is 14.2 Å². The quantitative estimate of drug-likeness (QED) is 0.316. The second-order valence-electron chi connectivity index (χ2n) is 7.36. The summed E-state index contributed by atoms with van der Waals surface area (Å²) in [5, 5.41) is 13.0. The van der Waals surface area contributed by atoms with E-state index < -0.39 is 17.7 Å². The van der Waals surface area contributed by atoms with Crippen LogP contribution in [0.5, 0.6) is 17.2 Å². The number of amides is 1. The monoisotopic (exact) mass is 465 g/mol. The third-order valence-corrected chi connectivity index (χ3v) is 6.42. The molecule has 170 valence electrons. The largest absolute Gasteiger partial charge is 0.507 e. The van der Waals surface area contributed by atoms with Crippen molar-refractivity contribution >= 4 is 28.8 Å². The number of likely N-dealkylation sites (tertiary alicyclic amines) is 1. The molecule has 3 aromatic rings. The number of nitrogens with zero attached hydrogens (tertiary/aromatic N) is 1. The minimum atomic E-state index is -0.728. The topological polar surface area (TPSA) is 85.3 Å². The fourth-order valence-corrected chi connectivity index (χ4v) is 4.73. The lowest BCUT2D eigenvalue weighted by atomic mass is 9.99. The summed E-state index contributed by atoms with van der Waals surface area (Å²) in [5.74, 6) is -0.0136. The number of benzene rings is 2. The van der Waals surface area contributed by atoms with Gasteiger partial charge in [-0.1, -0.05) is 24.3 Å². The number of thiophene rings is 1. The predicted molar refractivity (Wildman–Crippen MR) is 125 cm³/mol. The van der Waals surface area contributed by atoms with Crippen molar-refractivity contribution in [1.82, 2.24) is 4.90 Å². The fraction of sp³-hybridized carbons (Fsp3) is 0.200. The van der Waals surface area contributed by atoms with Crippen molar-refractivity contribution in [2.45, 2.75) is 12.6 Å². The van der Waals surface area contributed by atoms with Gasteiger partial charge in [-0.15, -0.1) is 11.3 Å². The van der Waals surface area contributed by atoms with Crippen molar-refractivity contribution in [3.8, 4) is 17.2 Å². The molecule has 0 radical (unpaired) electrons. The van der Waals surface area contributed by atoms with E-state index >= 15 is 0 Å². The van der Waals surface area contributed by atoms with Crippen LogP contribution in [0.25, 0.3) is 5.76 Å². The molecule has 1 saturated heterocycles. The number of ketones is 1. The van der Waals surface area contributed by atoms with Crippen LogP contribution in [0.4, 0.5) is 0 Å². The Morgan fingerprint density at radius 3 is 2.42 bits per heavy atom. The Kier molecular flexibility index (Phi) is 6.37. The van der Waals surface area contributed by atoms with Crippen LogP contribution in [-0.4, -0.2) is 43.0 Å². The van der Waals surface area contributed by atoms with E-state index in [1.807, 2.05) is 23.6 Å². The van der Waals surface area contributed by atoms with Crippen molar-refractivity contribution < 1.29 is 28.9 Å². The van der Waals surface area contributed by atoms with E-state index in [1.165, 1.54) is 30.5 Å². The third-order valence-electron chi connectivity index (χ3n) is 5.50. The maximum atomic E-state index is 13.1. The first-order chi connectivity index (χ1) is 16.0. The molecule has 0 spiro atoms. The molecule has 1 fully saturated rings. The first-order valence-corrected chi connectivity index (χ1v) is 11.0. The van der Waals surface area contributed by atoms with Gasteiger partial charge >= 0.3 is 0 Å². The summed E-state index contributed by atoms with van der Waals surface area (Å²) in [4.78, 5) is 28.5. The molecule has 0 bridgehead atoms. The first-order valence-electron chi connectivity index (χ1n) is 10.2. The highest BCUT2D eigenvalue weighted by molar-refractivity contribution is 7.10. The third kappa shape index (κ3) is 4.17. The summed E-state index contributed by atoms with van der Waals surface area (Å²) >= 11 is 1.42. The molecule has 1 N–H and O–H groups in total. The van der Waals surface area contributed by atoms with Gasteiger partial charge in [0, 0.05) is 17.0 Å². The van der Waals surface area contributed by atoms with Gasteiger partial charge in [0.15, 0.2) is 11.5 Å². The zero-order valence-electron chi connectivity index (χ0n) is 18.4. The van der Waals surface area contributed by atoms with Gasteiger partial charge in [0.05, 0.1) is 32.9 Å². The van der Waals surface area contributed by atoms with Crippen LogP contribution >= 0.6 is 11.3 Å². The maximum Gasteiger partial charge on any atom is 0.295 e. The van der Waals surface area contributed by atoms with Crippen LogP contribution in [0, 0.1) is 0 Å². The average molecular weight is 466 g/mol. The van der Waals surface area contributed by atoms with E-state index in [0.29, 0.717) is 22.8 Å². The molecular formula is C25H23NO6S. The number of carbonyl (C=O) groups is 2. The highest BCUT2D eigenvalue weighted by Gasteiger charge is 2.46. The van der Waals surface area contributed by atoms with Crippen LogP contribution in [-0.2, 0) is 16.1 Å². The molecule has 1 amide bonds. The number of hydrogen-bond donors (Lipinski definition) is 1. The number of ether oxygens (including phenoxy) is 3. The molecule has 7 nitrogen and oxygen atoms in total. The molecule has 1 aromatic heterocycles. The molecule has 2 heterocycles. The number of hydrogen-bond acceptors (Lipinski definition) is 7. The molecule has 8 heteroatoms. The molecule has 1 aliphatic heterocycles. The van der Waals surface area contributed by atoms with E-state index in [1.54, 1.807) is 43.5 Å². The van der Waals surface area contributed by atoms with E-state index in [2.05, 4.69) is 0 Å². The Labute approximate surface area is 195 Å². The number of aliphatic hydroxyl groups is 1. The highest BCUT2D eigenvalue weighted by atomic mass is 32.1. The Hall–Kier alpha value is -3.78. The summed E-state index contributed by atoms with van der Waals surface area (Å²) in [6, 6.07) is 15.1. The summed E-state index contributed by atoms with van der Waals surface area (Å²) in [7, 11) is 4.60. The number of Topliss-reactive ketones (excluding diaryl/α,β-unsaturated/α-hetero) is 1. The maximum absolute atomic E-state index is 13.1.